The molecule has 518 valence electrons. The van der Waals surface area contributed by atoms with E-state index in [1.54, 1.807) is 65.1 Å². The summed E-state index contributed by atoms with van der Waals surface area (Å²) >= 11 is 0. The third kappa shape index (κ3) is 24.9. The highest BCUT2D eigenvalue weighted by Crippen LogP contribution is 2.22. The summed E-state index contributed by atoms with van der Waals surface area (Å²) in [6, 6.07) is -0.716. The van der Waals surface area contributed by atoms with E-state index >= 15 is 0 Å². The van der Waals surface area contributed by atoms with E-state index in [-0.39, 0.29) is 94.4 Å². The van der Waals surface area contributed by atoms with Crippen LogP contribution in [-0.2, 0) is 76.7 Å². The Balaban J connectivity index is 0.00000397. The lowest BCUT2D eigenvalue weighted by Crippen LogP contribution is -2.62. The fraction of sp³-hybridized carbons (Fsp3) is 0.508. The minimum atomic E-state index is -1.80. The number of nitrogens with one attached hydrogen (secondary N) is 12. The van der Waals surface area contributed by atoms with Gasteiger partial charge in [-0.1, -0.05) is 44.2 Å². The number of hydrogen-bond donors (Lipinski definition) is 18. The van der Waals surface area contributed by atoms with Crippen molar-refractivity contribution >= 4 is 87.9 Å². The van der Waals surface area contributed by atoms with Gasteiger partial charge in [-0.2, -0.15) is 0 Å². The molecule has 2 aromatic carbocycles. The van der Waals surface area contributed by atoms with Crippen LogP contribution in [0.15, 0.2) is 72.2 Å². The highest BCUT2D eigenvalue weighted by molar-refractivity contribution is 5.99. The number of hydrogen-bond acceptors (Lipinski definition) is 17. The number of nitrogens with two attached hydrogens (primary N) is 3. The Morgan fingerprint density at radius 1 is 0.726 bits per heavy atom. The number of aromatic amines is 2. The number of aromatic hydroxyl groups is 1. The molecule has 95 heavy (non-hydrogen) atoms. The van der Waals surface area contributed by atoms with Gasteiger partial charge < -0.3 is 94.7 Å². The Morgan fingerprint density at radius 3 is 1.89 bits per heavy atom. The number of aromatic nitrogens is 3. The van der Waals surface area contributed by atoms with Gasteiger partial charge in [0.15, 0.2) is 5.96 Å². The smallest absolute Gasteiger partial charge is 0.330 e. The number of hydrazine groups is 1. The summed E-state index contributed by atoms with van der Waals surface area (Å²) in [6.07, 6.45) is 4.91. The topological polar surface area (TPSA) is 533 Å². The molecular weight excluding hydrogens is 1240 g/mol. The van der Waals surface area contributed by atoms with Crippen molar-refractivity contribution in [2.45, 2.75) is 166 Å². The van der Waals surface area contributed by atoms with Gasteiger partial charge in [-0.05, 0) is 94.5 Å². The highest BCUT2D eigenvalue weighted by Gasteiger charge is 2.40. The van der Waals surface area contributed by atoms with Crippen molar-refractivity contribution in [1.82, 2.24) is 73.2 Å². The first kappa shape index (κ1) is 75.3. The molecule has 0 saturated carbocycles. The lowest BCUT2D eigenvalue weighted by atomic mass is 10.0. The number of aliphatic hydroxyl groups is 1. The number of phenolic OH excluding ortho intramolecular Hbond substituents is 1. The predicted octanol–water partition coefficient (Wildman–Crippen LogP) is -3.01. The van der Waals surface area contributed by atoms with Crippen LogP contribution < -0.4 is 70.6 Å². The average Bonchev–Trinajstić information content (AvgIpc) is 1.76. The molecule has 2 fully saturated rings. The minimum Gasteiger partial charge on any atom is -0.508 e. The van der Waals surface area contributed by atoms with Crippen molar-refractivity contribution in [2.24, 2.45) is 28.1 Å². The lowest BCUT2D eigenvalue weighted by molar-refractivity contribution is -0.142. The van der Waals surface area contributed by atoms with Crippen LogP contribution in [0.3, 0.4) is 0 Å². The zero-order valence-corrected chi connectivity index (χ0v) is 53.7. The van der Waals surface area contributed by atoms with E-state index in [2.05, 4.69) is 67.9 Å². The Hall–Kier alpha value is -10.4. The minimum absolute atomic E-state index is 0.00453. The van der Waals surface area contributed by atoms with Crippen molar-refractivity contribution in [2.75, 3.05) is 26.3 Å². The Kier molecular flexibility index (Phi) is 28.7. The molecule has 0 radical (unpaired) electrons. The lowest BCUT2D eigenvalue weighted by Gasteiger charge is -2.31. The standard InChI is InChI=1S/C59H84N18O14.C2H4O2/c1-31(2)22-40(49(82)68-39(12-8-20-64-57(60)61)56(89)77-21-9-13-46(77)55(88)75-76-58(62)90)69-54(87)45(29-91-59(3,4)5)74-50(83)41(23-32-14-16-35(79)17-15-32)70-53(86)44(28-78)73-51(84)42(24-33-26-65-37-11-7-6-10-36(33)37)71-52(85)43(25-34-27-63-30-66-34)72-48(81)38-18-19-47(80)67-38;1-2(3)4/h6-7,10-11,14-17,26-27,30-31,38-46,65,78-79H,8-9,12-13,18-25,28-29H2,1-5H3,(H,63,66)(H,67,80)(H,68,82)(H,69,87)(H,70,86)(H,71,85)(H,72,81)(H,73,84)(H,74,83)(H,75,88)(H4,60,61,64)(H3,62,76,90);1H3,(H,3,4). The number of phenols is 1. The third-order valence-electron chi connectivity index (χ3n) is 14.8. The monoisotopic (exact) mass is 1330 g/mol. The number of fused-ring (bicyclic) bond motifs is 1. The van der Waals surface area contributed by atoms with Crippen LogP contribution in [0, 0.1) is 5.92 Å². The fourth-order valence-corrected chi connectivity index (χ4v) is 10.2. The largest absolute Gasteiger partial charge is 0.508 e. The molecule has 34 nitrogen and oxygen atoms in total. The molecule has 34 heteroatoms. The van der Waals surface area contributed by atoms with Crippen LogP contribution in [-0.4, -0.2) is 198 Å². The number of carbonyl (C=O) groups excluding carboxylic acids is 11. The number of amides is 12. The molecule has 2 aliphatic heterocycles. The average molecular weight is 1330 g/mol. The van der Waals surface area contributed by atoms with E-state index in [4.69, 9.17) is 31.8 Å². The number of H-pyrrole nitrogens is 2. The molecule has 6 rings (SSSR count). The number of aliphatic imine (C=N–C) groups is 1. The van der Waals surface area contributed by atoms with Gasteiger partial charge in [0.25, 0.3) is 11.9 Å². The maximum Gasteiger partial charge on any atom is 0.330 e. The zero-order chi connectivity index (χ0) is 70.1. The SMILES string of the molecule is CC(=O)O.CC(C)CC(NC(=O)C(COC(C)(C)C)NC(=O)C(Cc1ccc(O)cc1)NC(=O)C(CO)NC(=O)C(Cc1c[nH]c2ccccc12)NC(=O)C(Cc1cnc[nH]1)NC(=O)C1CCC(=O)N1)C(=O)NC(CCCN=C(N)N)C(=O)N1CCCC1C(=O)NNC(N)=O. The van der Waals surface area contributed by atoms with Crippen molar-refractivity contribution in [1.29, 1.82) is 0 Å². The summed E-state index contributed by atoms with van der Waals surface area (Å²) < 4.78 is 6.03. The number of guanidine groups is 1. The quantitative estimate of drug-likeness (QED) is 0.0103. The molecule has 0 bridgehead atoms. The molecule has 2 aliphatic rings. The Morgan fingerprint density at radius 2 is 1.31 bits per heavy atom. The molecular formula is C61H88N18O16. The van der Waals surface area contributed by atoms with Gasteiger partial charge in [-0.3, -0.25) is 63.2 Å². The maximum atomic E-state index is 14.8. The van der Waals surface area contributed by atoms with E-state index in [9.17, 15) is 63.0 Å². The first-order chi connectivity index (χ1) is 44.9. The van der Waals surface area contributed by atoms with Crippen LogP contribution >= 0.6 is 0 Å². The number of ether oxygens (including phenoxy) is 1. The van der Waals surface area contributed by atoms with Crippen molar-refractivity contribution < 1.29 is 77.6 Å². The van der Waals surface area contributed by atoms with Gasteiger partial charge in [0.1, 0.15) is 60.1 Å². The third-order valence-corrected chi connectivity index (χ3v) is 14.8. The molecule has 9 unspecified atom stereocenters. The number of rotatable bonds is 31. The first-order valence-electron chi connectivity index (χ1n) is 30.8. The molecule has 21 N–H and O–H groups in total. The molecule has 12 amide bonds. The van der Waals surface area contributed by atoms with Crippen LogP contribution in [0.25, 0.3) is 10.9 Å². The number of primary amides is 1. The Bertz CT molecular complexity index is 3340. The normalized spacial score (nSPS) is 16.5. The van der Waals surface area contributed by atoms with E-state index < -0.39 is 138 Å². The van der Waals surface area contributed by atoms with Gasteiger partial charge >= 0.3 is 6.03 Å². The summed E-state index contributed by atoms with van der Waals surface area (Å²) in [5.74, 6) is -9.42. The molecule has 9 atom stereocenters. The van der Waals surface area contributed by atoms with E-state index in [0.29, 0.717) is 34.1 Å². The second-order valence-corrected chi connectivity index (χ2v) is 24.2. The van der Waals surface area contributed by atoms with Crippen LogP contribution in [0.1, 0.15) is 103 Å². The molecule has 2 saturated heterocycles. The second kappa shape index (κ2) is 36.2. The number of carboxylic acid groups (broad SMARTS) is 1. The van der Waals surface area contributed by atoms with Crippen molar-refractivity contribution in [3.8, 4) is 5.75 Å². The van der Waals surface area contributed by atoms with Crippen molar-refractivity contribution in [3.63, 3.8) is 0 Å². The van der Waals surface area contributed by atoms with Crippen LogP contribution in [0.2, 0.25) is 0 Å². The van der Waals surface area contributed by atoms with E-state index in [0.717, 1.165) is 6.92 Å². The number of imidazole rings is 1. The van der Waals surface area contributed by atoms with Crippen LogP contribution in [0.4, 0.5) is 4.79 Å². The summed E-state index contributed by atoms with van der Waals surface area (Å²) in [4.78, 5) is 176. The molecule has 0 aliphatic carbocycles. The zero-order valence-electron chi connectivity index (χ0n) is 53.7. The number of para-hydroxylation sites is 1. The summed E-state index contributed by atoms with van der Waals surface area (Å²) in [7, 11) is 0. The number of aliphatic carboxylic acids is 1. The van der Waals surface area contributed by atoms with Crippen LogP contribution in [0.5, 0.6) is 5.75 Å². The van der Waals surface area contributed by atoms with Gasteiger partial charge in [0.05, 0.1) is 25.1 Å². The molecule has 4 heterocycles. The van der Waals surface area contributed by atoms with Crippen molar-refractivity contribution in [3.05, 3.63) is 84.1 Å². The molecule has 0 spiro atoms. The summed E-state index contributed by atoms with van der Waals surface area (Å²) in [5, 5.41) is 50.2. The number of aliphatic hydroxyl groups excluding tert-OH is 1. The molecule has 2 aromatic heterocycles. The summed E-state index contributed by atoms with van der Waals surface area (Å²) in [5.41, 5.74) is 21.6. The van der Waals surface area contributed by atoms with Gasteiger partial charge in [0.2, 0.25) is 53.2 Å². The van der Waals surface area contributed by atoms with E-state index in [1.165, 1.54) is 41.7 Å². The molecule has 4 aromatic rings. The highest BCUT2D eigenvalue weighted by atomic mass is 16.5. The Labute approximate surface area is 546 Å². The van der Waals surface area contributed by atoms with Gasteiger partial charge in [0, 0.05) is 74.7 Å². The number of carbonyl (C=O) groups is 12. The van der Waals surface area contributed by atoms with Gasteiger partial charge in [-0.15, -0.1) is 0 Å². The fourth-order valence-electron chi connectivity index (χ4n) is 10.2. The van der Waals surface area contributed by atoms with E-state index in [1.807, 2.05) is 5.43 Å². The summed E-state index contributed by atoms with van der Waals surface area (Å²) in [6.45, 7) is 8.36. The predicted molar refractivity (Wildman–Crippen MR) is 342 cm³/mol. The number of likely N-dealkylation sites (tertiary alicyclic amines) is 1. The number of nitrogens with zero attached hydrogens (tertiary/aromatic N) is 3. The first-order valence-corrected chi connectivity index (χ1v) is 30.8. The second-order valence-electron chi connectivity index (χ2n) is 24.2. The number of carboxylic acids is 1. The maximum absolute atomic E-state index is 14.8. The van der Waals surface area contributed by atoms with Gasteiger partial charge in [-0.25, -0.2) is 15.2 Å². The number of urea groups is 1. The number of benzene rings is 2.